The van der Waals surface area contributed by atoms with E-state index in [2.05, 4.69) is 43.0 Å². The van der Waals surface area contributed by atoms with Gasteiger partial charge in [-0.15, -0.1) is 0 Å². The van der Waals surface area contributed by atoms with Gasteiger partial charge in [-0.3, -0.25) is 4.79 Å². The van der Waals surface area contributed by atoms with Gasteiger partial charge in [-0.1, -0.05) is 6.92 Å². The molecule has 1 aromatic rings. The van der Waals surface area contributed by atoms with Crippen LogP contribution in [0.5, 0.6) is 0 Å². The molecule has 18 heavy (non-hydrogen) atoms. The average molecular weight is 315 g/mol. The maximum atomic E-state index is 11.4. The van der Waals surface area contributed by atoms with Gasteiger partial charge in [-0.2, -0.15) is 0 Å². The summed E-state index contributed by atoms with van der Waals surface area (Å²) in [6.07, 6.45) is 4.84. The molecule has 0 aliphatic carbocycles. The molecule has 1 aliphatic heterocycles. The van der Waals surface area contributed by atoms with Crippen LogP contribution >= 0.6 is 15.9 Å². The highest BCUT2D eigenvalue weighted by molar-refractivity contribution is 9.10. The van der Waals surface area contributed by atoms with Crippen LogP contribution < -0.4 is 10.9 Å². The molecule has 2 heterocycles. The lowest BCUT2D eigenvalue weighted by atomic mass is 10.0. The van der Waals surface area contributed by atoms with Crippen molar-refractivity contribution >= 4 is 21.7 Å². The van der Waals surface area contributed by atoms with Gasteiger partial charge in [-0.25, -0.2) is 4.98 Å². The largest absolute Gasteiger partial charge is 0.366 e. The van der Waals surface area contributed by atoms with Crippen molar-refractivity contribution in [3.8, 4) is 0 Å². The third-order valence-electron chi connectivity index (χ3n) is 3.26. The van der Waals surface area contributed by atoms with Gasteiger partial charge in [0.25, 0.3) is 5.56 Å². The molecule has 6 heteroatoms. The van der Waals surface area contributed by atoms with Crippen molar-refractivity contribution in [3.63, 3.8) is 0 Å². The van der Waals surface area contributed by atoms with Gasteiger partial charge < -0.3 is 15.2 Å². The lowest BCUT2D eigenvalue weighted by Gasteiger charge is -2.32. The minimum atomic E-state index is -0.143. The van der Waals surface area contributed by atoms with Crippen LogP contribution in [0.3, 0.4) is 0 Å². The predicted octanol–water partition coefficient (Wildman–Crippen LogP) is 1.82. The van der Waals surface area contributed by atoms with Crippen molar-refractivity contribution in [2.45, 2.75) is 32.2 Å². The number of halogens is 1. The number of nitrogens with zero attached hydrogens (tertiary/aromatic N) is 2. The Balaban J connectivity index is 1.92. The number of piperidine rings is 1. The minimum absolute atomic E-state index is 0.143. The van der Waals surface area contributed by atoms with Gasteiger partial charge in [0, 0.05) is 19.1 Å². The van der Waals surface area contributed by atoms with Crippen molar-refractivity contribution < 1.29 is 0 Å². The van der Waals surface area contributed by atoms with E-state index in [1.807, 2.05) is 0 Å². The molecule has 100 valence electrons. The Hall–Kier alpha value is -0.880. The second-order valence-corrected chi connectivity index (χ2v) is 5.45. The summed E-state index contributed by atoms with van der Waals surface area (Å²) in [7, 11) is 0. The number of aromatic nitrogens is 2. The van der Waals surface area contributed by atoms with E-state index < -0.39 is 0 Å². The molecule has 0 aromatic carbocycles. The lowest BCUT2D eigenvalue weighted by molar-refractivity contribution is 0.219. The van der Waals surface area contributed by atoms with Crippen LogP contribution in [0.15, 0.2) is 15.6 Å². The van der Waals surface area contributed by atoms with Gasteiger partial charge in [0.2, 0.25) is 0 Å². The van der Waals surface area contributed by atoms with Gasteiger partial charge in [0.15, 0.2) is 0 Å². The first-order valence-electron chi connectivity index (χ1n) is 6.42. The number of likely N-dealkylation sites (tertiary alicyclic amines) is 1. The summed E-state index contributed by atoms with van der Waals surface area (Å²) in [6, 6.07) is 0.406. The fourth-order valence-corrected chi connectivity index (χ4v) is 2.63. The third kappa shape index (κ3) is 3.32. The average Bonchev–Trinajstić information content (AvgIpc) is 2.38. The quantitative estimate of drug-likeness (QED) is 0.890. The van der Waals surface area contributed by atoms with Gasteiger partial charge in [0.1, 0.15) is 10.3 Å². The topological polar surface area (TPSA) is 61.0 Å². The van der Waals surface area contributed by atoms with E-state index in [0.29, 0.717) is 16.3 Å². The van der Waals surface area contributed by atoms with Crippen molar-refractivity contribution in [2.75, 3.05) is 25.0 Å². The van der Waals surface area contributed by atoms with Crippen molar-refractivity contribution in [2.24, 2.45) is 0 Å². The molecule has 1 saturated heterocycles. The SMILES string of the molecule is CCCN1CCC(Nc2nc[nH]c(=O)c2Br)CC1. The number of rotatable bonds is 4. The Bertz CT molecular complexity index is 440. The number of aromatic amines is 1. The first-order chi connectivity index (χ1) is 8.70. The molecule has 1 aliphatic rings. The molecule has 5 nitrogen and oxygen atoms in total. The van der Waals surface area contributed by atoms with E-state index in [0.717, 1.165) is 25.9 Å². The van der Waals surface area contributed by atoms with Crippen molar-refractivity contribution in [1.29, 1.82) is 0 Å². The number of anilines is 1. The Morgan fingerprint density at radius 1 is 1.56 bits per heavy atom. The van der Waals surface area contributed by atoms with E-state index in [9.17, 15) is 4.79 Å². The van der Waals surface area contributed by atoms with Crippen LogP contribution in [0.25, 0.3) is 0 Å². The summed E-state index contributed by atoms with van der Waals surface area (Å²) in [6.45, 7) is 5.62. The van der Waals surface area contributed by atoms with E-state index in [1.54, 1.807) is 0 Å². The lowest BCUT2D eigenvalue weighted by Crippen LogP contribution is -2.39. The zero-order valence-corrected chi connectivity index (χ0v) is 12.2. The highest BCUT2D eigenvalue weighted by Crippen LogP contribution is 2.19. The first-order valence-corrected chi connectivity index (χ1v) is 7.22. The number of hydrogen-bond donors (Lipinski definition) is 2. The molecule has 1 fully saturated rings. The standard InChI is InChI=1S/C12H19BrN4O/c1-2-5-17-6-3-9(4-7-17)16-11-10(13)12(18)15-8-14-11/h8-9H,2-7H2,1H3,(H2,14,15,16,18). The molecule has 0 atom stereocenters. The van der Waals surface area contributed by atoms with Crippen LogP contribution in [-0.2, 0) is 0 Å². The normalized spacial score (nSPS) is 17.9. The molecular weight excluding hydrogens is 296 g/mol. The molecule has 2 rings (SSSR count). The number of nitrogens with one attached hydrogen (secondary N) is 2. The molecule has 0 radical (unpaired) electrons. The fourth-order valence-electron chi connectivity index (χ4n) is 2.29. The molecule has 0 amide bonds. The van der Waals surface area contributed by atoms with Gasteiger partial charge in [-0.05, 0) is 41.7 Å². The second kappa shape index (κ2) is 6.33. The molecular formula is C12H19BrN4O. The Morgan fingerprint density at radius 2 is 2.28 bits per heavy atom. The molecule has 0 unspecified atom stereocenters. The van der Waals surface area contributed by atoms with E-state index in [-0.39, 0.29) is 5.56 Å². The molecule has 1 aromatic heterocycles. The minimum Gasteiger partial charge on any atom is -0.366 e. The molecule has 0 bridgehead atoms. The molecule has 2 N–H and O–H groups in total. The van der Waals surface area contributed by atoms with Crippen LogP contribution in [0, 0.1) is 0 Å². The summed E-state index contributed by atoms with van der Waals surface area (Å²) < 4.78 is 0.487. The number of H-pyrrole nitrogens is 1. The van der Waals surface area contributed by atoms with Crippen LogP contribution in [0.2, 0.25) is 0 Å². The Morgan fingerprint density at radius 3 is 2.94 bits per heavy atom. The summed E-state index contributed by atoms with van der Waals surface area (Å²) in [5, 5.41) is 3.35. The maximum Gasteiger partial charge on any atom is 0.267 e. The molecule has 0 saturated carbocycles. The summed E-state index contributed by atoms with van der Waals surface area (Å²) >= 11 is 3.26. The van der Waals surface area contributed by atoms with Crippen LogP contribution in [-0.4, -0.2) is 40.5 Å². The van der Waals surface area contributed by atoms with Crippen LogP contribution in [0.1, 0.15) is 26.2 Å². The Kier molecular flexibility index (Phi) is 4.77. The van der Waals surface area contributed by atoms with Gasteiger partial charge >= 0.3 is 0 Å². The summed E-state index contributed by atoms with van der Waals surface area (Å²) in [5.74, 6) is 0.646. The highest BCUT2D eigenvalue weighted by Gasteiger charge is 2.19. The second-order valence-electron chi connectivity index (χ2n) is 4.65. The fraction of sp³-hybridized carbons (Fsp3) is 0.667. The highest BCUT2D eigenvalue weighted by atomic mass is 79.9. The third-order valence-corrected chi connectivity index (χ3v) is 4.00. The van der Waals surface area contributed by atoms with Crippen LogP contribution in [0.4, 0.5) is 5.82 Å². The maximum absolute atomic E-state index is 11.4. The van der Waals surface area contributed by atoms with E-state index in [1.165, 1.54) is 19.3 Å². The smallest absolute Gasteiger partial charge is 0.267 e. The molecule has 0 spiro atoms. The Labute approximate surface area is 115 Å². The van der Waals surface area contributed by atoms with E-state index >= 15 is 0 Å². The van der Waals surface area contributed by atoms with Crippen molar-refractivity contribution in [3.05, 3.63) is 21.2 Å². The number of hydrogen-bond acceptors (Lipinski definition) is 4. The van der Waals surface area contributed by atoms with E-state index in [4.69, 9.17) is 0 Å². The monoisotopic (exact) mass is 314 g/mol. The first kappa shape index (κ1) is 13.5. The zero-order valence-electron chi connectivity index (χ0n) is 10.6. The zero-order chi connectivity index (χ0) is 13.0. The summed E-state index contributed by atoms with van der Waals surface area (Å²) in [5.41, 5.74) is -0.143. The van der Waals surface area contributed by atoms with Gasteiger partial charge in [0.05, 0.1) is 6.33 Å². The summed E-state index contributed by atoms with van der Waals surface area (Å²) in [4.78, 5) is 20.6. The van der Waals surface area contributed by atoms with Crippen molar-refractivity contribution in [1.82, 2.24) is 14.9 Å². The predicted molar refractivity (Wildman–Crippen MR) is 75.9 cm³/mol.